The highest BCUT2D eigenvalue weighted by atomic mass is 32.2. The highest BCUT2D eigenvalue weighted by Crippen LogP contribution is 2.30. The molecule has 0 unspecified atom stereocenters. The molecule has 0 spiro atoms. The molecule has 0 aliphatic carbocycles. The van der Waals surface area contributed by atoms with Crippen molar-refractivity contribution in [3.63, 3.8) is 0 Å². The van der Waals surface area contributed by atoms with Crippen LogP contribution in [0.4, 0.5) is 10.8 Å². The van der Waals surface area contributed by atoms with Crippen molar-refractivity contribution in [2.24, 2.45) is 0 Å². The van der Waals surface area contributed by atoms with Crippen molar-refractivity contribution < 1.29 is 9.59 Å². The van der Waals surface area contributed by atoms with Crippen molar-refractivity contribution in [3.05, 3.63) is 65.7 Å². The van der Waals surface area contributed by atoms with Crippen LogP contribution in [0.2, 0.25) is 0 Å². The Bertz CT molecular complexity index is 1010. The Balaban J connectivity index is 1.25. The summed E-state index contributed by atoms with van der Waals surface area (Å²) in [6.07, 6.45) is 1.96. The van der Waals surface area contributed by atoms with Crippen molar-refractivity contribution in [1.82, 2.24) is 10.2 Å². The summed E-state index contributed by atoms with van der Waals surface area (Å²) >= 11 is 2.64. The minimum atomic E-state index is -0.0914. The van der Waals surface area contributed by atoms with Crippen LogP contribution in [0.5, 0.6) is 0 Å². The molecule has 4 rings (SSSR count). The second kappa shape index (κ2) is 9.19. The van der Waals surface area contributed by atoms with E-state index in [-0.39, 0.29) is 11.8 Å². The van der Waals surface area contributed by atoms with Crippen LogP contribution in [0.15, 0.2) is 58.9 Å². The monoisotopic (exact) mass is 424 g/mol. The molecule has 8 heteroatoms. The number of rotatable bonds is 7. The zero-order valence-electron chi connectivity index (χ0n) is 15.7. The Hall–Kier alpha value is -2.71. The summed E-state index contributed by atoms with van der Waals surface area (Å²) in [4.78, 5) is 26.5. The van der Waals surface area contributed by atoms with Gasteiger partial charge in [-0.2, -0.15) is 0 Å². The number of aromatic nitrogens is 2. The molecule has 2 heterocycles. The average Bonchev–Trinajstić information content (AvgIpc) is 3.38. The van der Waals surface area contributed by atoms with E-state index in [1.807, 2.05) is 53.4 Å². The van der Waals surface area contributed by atoms with Crippen LogP contribution in [0, 0.1) is 0 Å². The first kappa shape index (κ1) is 19.6. The third-order valence-corrected chi connectivity index (χ3v) is 6.60. The number of benzene rings is 2. The maximum atomic E-state index is 12.6. The standard InChI is InChI=1S/C21H20N4O2S2/c26-18(11-10-15-6-2-1-3-7-15)22-20-23-24-21(29-20)28-14-19(27)25-13-12-16-8-4-5-9-17(16)25/h1-9H,10-14H2,(H,22,23,26). The number of hydrogen-bond donors (Lipinski definition) is 1. The molecule has 0 fully saturated rings. The van der Waals surface area contributed by atoms with E-state index in [0.717, 1.165) is 24.2 Å². The van der Waals surface area contributed by atoms with Gasteiger partial charge in [-0.3, -0.25) is 9.59 Å². The number of fused-ring (bicyclic) bond motifs is 1. The number of amides is 2. The number of nitrogens with zero attached hydrogens (tertiary/aromatic N) is 3. The number of thioether (sulfide) groups is 1. The summed E-state index contributed by atoms with van der Waals surface area (Å²) in [5.41, 5.74) is 3.34. The quantitative estimate of drug-likeness (QED) is 0.461. The van der Waals surface area contributed by atoms with Crippen LogP contribution < -0.4 is 10.2 Å². The molecule has 0 radical (unpaired) electrons. The van der Waals surface area contributed by atoms with Gasteiger partial charge in [0.05, 0.1) is 5.75 Å². The van der Waals surface area contributed by atoms with Gasteiger partial charge in [-0.1, -0.05) is 71.6 Å². The molecule has 0 saturated carbocycles. The second-order valence-electron chi connectivity index (χ2n) is 6.62. The van der Waals surface area contributed by atoms with Crippen molar-refractivity contribution >= 4 is 45.7 Å². The maximum absolute atomic E-state index is 12.6. The molecule has 0 bridgehead atoms. The molecule has 0 atom stereocenters. The van der Waals surface area contributed by atoms with Gasteiger partial charge in [-0.15, -0.1) is 10.2 Å². The molecule has 6 nitrogen and oxygen atoms in total. The zero-order valence-corrected chi connectivity index (χ0v) is 17.3. The molecular weight excluding hydrogens is 404 g/mol. The van der Waals surface area contributed by atoms with E-state index in [2.05, 4.69) is 21.6 Å². The van der Waals surface area contributed by atoms with Gasteiger partial charge >= 0.3 is 0 Å². The van der Waals surface area contributed by atoms with Gasteiger partial charge in [0, 0.05) is 18.7 Å². The zero-order chi connectivity index (χ0) is 20.1. The Morgan fingerprint density at radius 3 is 2.72 bits per heavy atom. The van der Waals surface area contributed by atoms with E-state index in [1.54, 1.807) is 0 Å². The van der Waals surface area contributed by atoms with Crippen molar-refractivity contribution in [3.8, 4) is 0 Å². The predicted octanol–water partition coefficient (Wildman–Crippen LogP) is 3.79. The van der Waals surface area contributed by atoms with E-state index in [4.69, 9.17) is 0 Å². The van der Waals surface area contributed by atoms with Gasteiger partial charge in [0.15, 0.2) is 4.34 Å². The number of nitrogens with one attached hydrogen (secondary N) is 1. The van der Waals surface area contributed by atoms with Gasteiger partial charge in [-0.25, -0.2) is 0 Å². The molecule has 1 aliphatic heterocycles. The van der Waals surface area contributed by atoms with Gasteiger partial charge in [0.2, 0.25) is 16.9 Å². The lowest BCUT2D eigenvalue weighted by molar-refractivity contribution is -0.116. The average molecular weight is 425 g/mol. The molecule has 1 aromatic heterocycles. The first-order valence-electron chi connectivity index (χ1n) is 9.37. The molecular formula is C21H20N4O2S2. The molecule has 2 amide bonds. The van der Waals surface area contributed by atoms with Crippen LogP contribution in [0.1, 0.15) is 17.5 Å². The number of para-hydroxylation sites is 1. The van der Waals surface area contributed by atoms with Crippen LogP contribution in [-0.4, -0.2) is 34.3 Å². The minimum absolute atomic E-state index is 0.0589. The number of aryl methyl sites for hydroxylation is 1. The number of anilines is 2. The molecule has 1 N–H and O–H groups in total. The van der Waals surface area contributed by atoms with Crippen LogP contribution in [0.25, 0.3) is 0 Å². The lowest BCUT2D eigenvalue weighted by Gasteiger charge is -2.16. The smallest absolute Gasteiger partial charge is 0.237 e. The fourth-order valence-electron chi connectivity index (χ4n) is 3.20. The molecule has 2 aromatic carbocycles. The highest BCUT2D eigenvalue weighted by Gasteiger charge is 2.24. The summed E-state index contributed by atoms with van der Waals surface area (Å²) in [7, 11) is 0. The Morgan fingerprint density at radius 1 is 1.07 bits per heavy atom. The fourth-order valence-corrected chi connectivity index (χ4v) is 4.85. The van der Waals surface area contributed by atoms with Crippen molar-refractivity contribution in [2.75, 3.05) is 22.5 Å². The second-order valence-corrected chi connectivity index (χ2v) is 8.82. The SMILES string of the molecule is O=C(CCc1ccccc1)Nc1nnc(SCC(=O)N2CCc3ccccc32)s1. The molecule has 3 aromatic rings. The third kappa shape index (κ3) is 5.02. The predicted molar refractivity (Wildman–Crippen MR) is 117 cm³/mol. The third-order valence-electron chi connectivity index (χ3n) is 4.64. The van der Waals surface area contributed by atoms with Crippen LogP contribution >= 0.6 is 23.1 Å². The summed E-state index contributed by atoms with van der Waals surface area (Å²) in [6.45, 7) is 0.720. The lowest BCUT2D eigenvalue weighted by Crippen LogP contribution is -2.30. The van der Waals surface area contributed by atoms with E-state index in [9.17, 15) is 9.59 Å². The molecule has 29 heavy (non-hydrogen) atoms. The molecule has 148 valence electrons. The first-order chi connectivity index (χ1) is 14.2. The number of carbonyl (C=O) groups is 2. The topological polar surface area (TPSA) is 75.2 Å². The van der Waals surface area contributed by atoms with Crippen LogP contribution in [0.3, 0.4) is 0 Å². The Kier molecular flexibility index (Phi) is 6.21. The summed E-state index contributed by atoms with van der Waals surface area (Å²) in [5, 5.41) is 11.3. The Morgan fingerprint density at radius 2 is 1.86 bits per heavy atom. The van der Waals surface area contributed by atoms with Crippen molar-refractivity contribution in [1.29, 1.82) is 0 Å². The fraction of sp³-hybridized carbons (Fsp3) is 0.238. The van der Waals surface area contributed by atoms with E-state index < -0.39 is 0 Å². The van der Waals surface area contributed by atoms with E-state index in [0.29, 0.717) is 28.1 Å². The van der Waals surface area contributed by atoms with E-state index in [1.165, 1.54) is 28.7 Å². The first-order valence-corrected chi connectivity index (χ1v) is 11.2. The summed E-state index contributed by atoms with van der Waals surface area (Å²) < 4.78 is 0.671. The molecule has 1 aliphatic rings. The van der Waals surface area contributed by atoms with Gasteiger partial charge in [0.25, 0.3) is 0 Å². The minimum Gasteiger partial charge on any atom is -0.311 e. The highest BCUT2D eigenvalue weighted by molar-refractivity contribution is 8.01. The lowest BCUT2D eigenvalue weighted by atomic mass is 10.1. The Labute approximate surface area is 177 Å². The van der Waals surface area contributed by atoms with Crippen LogP contribution in [-0.2, 0) is 22.4 Å². The van der Waals surface area contributed by atoms with Gasteiger partial charge in [0.1, 0.15) is 0 Å². The molecule has 0 saturated heterocycles. The van der Waals surface area contributed by atoms with Gasteiger partial charge < -0.3 is 10.2 Å². The summed E-state index contributed by atoms with van der Waals surface area (Å²) in [5.74, 6) is 0.264. The number of hydrogen-bond acceptors (Lipinski definition) is 6. The normalized spacial score (nSPS) is 12.6. The maximum Gasteiger partial charge on any atom is 0.237 e. The number of carbonyl (C=O) groups excluding carboxylic acids is 2. The largest absolute Gasteiger partial charge is 0.311 e. The summed E-state index contributed by atoms with van der Waals surface area (Å²) in [6, 6.07) is 17.9. The van der Waals surface area contributed by atoms with Gasteiger partial charge in [-0.05, 0) is 30.0 Å². The van der Waals surface area contributed by atoms with Crippen molar-refractivity contribution in [2.45, 2.75) is 23.6 Å². The van der Waals surface area contributed by atoms with E-state index >= 15 is 0 Å².